The fourth-order valence-corrected chi connectivity index (χ4v) is 3.01. The van der Waals surface area contributed by atoms with Crippen molar-refractivity contribution >= 4 is 40.7 Å². The number of piperazine rings is 1. The van der Waals surface area contributed by atoms with E-state index < -0.39 is 0 Å². The van der Waals surface area contributed by atoms with Gasteiger partial charge >= 0.3 is 0 Å². The van der Waals surface area contributed by atoms with Gasteiger partial charge in [0.2, 0.25) is 5.95 Å². The quantitative estimate of drug-likeness (QED) is 0.912. The third-order valence-corrected chi connectivity index (χ3v) is 4.52. The van der Waals surface area contributed by atoms with Gasteiger partial charge in [0.05, 0.1) is 21.9 Å². The van der Waals surface area contributed by atoms with Crippen molar-refractivity contribution in [1.29, 1.82) is 0 Å². The molecular formula is C15H18Cl2N6. The van der Waals surface area contributed by atoms with Gasteiger partial charge in [-0.25, -0.2) is 0 Å². The Hall–Kier alpha value is -1.63. The van der Waals surface area contributed by atoms with Gasteiger partial charge in [0, 0.05) is 26.2 Å². The van der Waals surface area contributed by atoms with E-state index in [1.807, 2.05) is 0 Å². The topological polar surface area (TPSA) is 57.2 Å². The van der Waals surface area contributed by atoms with Crippen molar-refractivity contribution in [3.05, 3.63) is 34.4 Å². The van der Waals surface area contributed by atoms with Gasteiger partial charge in [0.1, 0.15) is 0 Å². The van der Waals surface area contributed by atoms with Crippen molar-refractivity contribution in [3.63, 3.8) is 0 Å². The van der Waals surface area contributed by atoms with Crippen LogP contribution >= 0.6 is 23.2 Å². The van der Waals surface area contributed by atoms with Crippen LogP contribution in [0.2, 0.25) is 10.0 Å². The number of nitrogens with one attached hydrogen (secondary N) is 1. The molecule has 6 nitrogen and oxygen atoms in total. The first-order valence-corrected chi connectivity index (χ1v) is 8.31. The van der Waals surface area contributed by atoms with E-state index in [0.29, 0.717) is 21.7 Å². The summed E-state index contributed by atoms with van der Waals surface area (Å²) in [7, 11) is 0. The molecule has 0 unspecified atom stereocenters. The second kappa shape index (κ2) is 7.29. The van der Waals surface area contributed by atoms with Gasteiger partial charge < -0.3 is 15.1 Å². The van der Waals surface area contributed by atoms with Crippen molar-refractivity contribution in [2.75, 3.05) is 42.9 Å². The van der Waals surface area contributed by atoms with E-state index in [1.54, 1.807) is 24.4 Å². The maximum atomic E-state index is 6.16. The van der Waals surface area contributed by atoms with Gasteiger partial charge in [0.15, 0.2) is 5.82 Å². The average Bonchev–Trinajstić information content (AvgIpc) is 2.59. The molecule has 3 rings (SSSR count). The lowest BCUT2D eigenvalue weighted by molar-refractivity contribution is 0.270. The Morgan fingerprint density at radius 1 is 1.13 bits per heavy atom. The normalized spacial score (nSPS) is 15.7. The monoisotopic (exact) mass is 352 g/mol. The van der Waals surface area contributed by atoms with E-state index in [-0.39, 0.29) is 0 Å². The number of hydrogen-bond acceptors (Lipinski definition) is 6. The van der Waals surface area contributed by atoms with Gasteiger partial charge in [-0.2, -0.15) is 10.1 Å². The van der Waals surface area contributed by atoms with Crippen LogP contribution in [0.3, 0.4) is 0 Å². The summed E-state index contributed by atoms with van der Waals surface area (Å²) in [4.78, 5) is 9.15. The zero-order valence-electron chi connectivity index (χ0n) is 12.8. The minimum absolute atomic E-state index is 0.385. The highest BCUT2D eigenvalue weighted by Gasteiger charge is 2.18. The minimum atomic E-state index is 0.385. The van der Waals surface area contributed by atoms with E-state index in [9.17, 15) is 0 Å². The number of nitrogens with zero attached hydrogens (tertiary/aromatic N) is 5. The standard InChI is InChI=1S/C15H18Cl2N6/c1-2-22-6-8-23(9-7-22)13-10-18-21-15(19-13)20-14-11(16)4-3-5-12(14)17/h3-5,10H,2,6-9H2,1H3,(H,19,20,21). The Kier molecular flexibility index (Phi) is 5.15. The van der Waals surface area contributed by atoms with Gasteiger partial charge in [-0.1, -0.05) is 36.2 Å². The molecule has 0 spiro atoms. The number of likely N-dealkylation sites (N-methyl/N-ethyl adjacent to an activating group) is 1. The molecule has 0 aliphatic carbocycles. The molecule has 1 fully saturated rings. The fourth-order valence-electron chi connectivity index (χ4n) is 2.52. The second-order valence-corrected chi connectivity index (χ2v) is 6.10. The summed E-state index contributed by atoms with van der Waals surface area (Å²) in [6, 6.07) is 5.31. The number of rotatable bonds is 4. The first kappa shape index (κ1) is 16.2. The number of hydrogen-bond donors (Lipinski definition) is 1. The van der Waals surface area contributed by atoms with Crippen molar-refractivity contribution in [2.24, 2.45) is 0 Å². The molecule has 1 aromatic carbocycles. The third-order valence-electron chi connectivity index (χ3n) is 3.89. The van der Waals surface area contributed by atoms with Crippen LogP contribution in [-0.2, 0) is 0 Å². The minimum Gasteiger partial charge on any atom is -0.353 e. The van der Waals surface area contributed by atoms with Gasteiger partial charge in [0.25, 0.3) is 0 Å². The Labute approximate surface area is 145 Å². The van der Waals surface area contributed by atoms with Gasteiger partial charge in [-0.15, -0.1) is 5.10 Å². The summed E-state index contributed by atoms with van der Waals surface area (Å²) in [6.07, 6.45) is 1.68. The van der Waals surface area contributed by atoms with Gasteiger partial charge in [-0.05, 0) is 18.7 Å². The van der Waals surface area contributed by atoms with Crippen LogP contribution in [0.25, 0.3) is 0 Å². The van der Waals surface area contributed by atoms with E-state index in [1.165, 1.54) is 0 Å². The average molecular weight is 353 g/mol. The molecule has 0 amide bonds. The first-order valence-electron chi connectivity index (χ1n) is 7.55. The molecule has 1 N–H and O–H groups in total. The summed E-state index contributed by atoms with van der Waals surface area (Å²) in [5.41, 5.74) is 0.589. The van der Waals surface area contributed by atoms with E-state index in [4.69, 9.17) is 23.2 Å². The molecule has 2 aromatic rings. The maximum Gasteiger partial charge on any atom is 0.249 e. The molecular weight excluding hydrogens is 335 g/mol. The maximum absolute atomic E-state index is 6.16. The van der Waals surface area contributed by atoms with Crippen LogP contribution in [0.15, 0.2) is 24.4 Å². The fraction of sp³-hybridized carbons (Fsp3) is 0.400. The van der Waals surface area contributed by atoms with Gasteiger partial charge in [-0.3, -0.25) is 0 Å². The highest BCUT2D eigenvalue weighted by molar-refractivity contribution is 6.39. The predicted octanol–water partition coefficient (Wildman–Crippen LogP) is 3.06. The molecule has 2 heterocycles. The van der Waals surface area contributed by atoms with Crippen LogP contribution in [0.5, 0.6) is 0 Å². The molecule has 0 radical (unpaired) electrons. The highest BCUT2D eigenvalue weighted by Crippen LogP contribution is 2.31. The van der Waals surface area contributed by atoms with E-state index in [0.717, 1.165) is 38.5 Å². The molecule has 0 atom stereocenters. The Morgan fingerprint density at radius 3 is 2.48 bits per heavy atom. The lowest BCUT2D eigenvalue weighted by Crippen LogP contribution is -2.46. The van der Waals surface area contributed by atoms with Crippen molar-refractivity contribution < 1.29 is 0 Å². The smallest absolute Gasteiger partial charge is 0.249 e. The molecule has 8 heteroatoms. The summed E-state index contributed by atoms with van der Waals surface area (Å²) < 4.78 is 0. The Morgan fingerprint density at radius 2 is 1.83 bits per heavy atom. The lowest BCUT2D eigenvalue weighted by Gasteiger charge is -2.34. The van der Waals surface area contributed by atoms with Crippen LogP contribution < -0.4 is 10.2 Å². The molecule has 1 aromatic heterocycles. The predicted molar refractivity (Wildman–Crippen MR) is 93.9 cm³/mol. The Bertz CT molecular complexity index is 653. The SMILES string of the molecule is CCN1CCN(c2cnnc(Nc3c(Cl)cccc3Cl)n2)CC1. The molecule has 0 saturated carbocycles. The van der Waals surface area contributed by atoms with Crippen molar-refractivity contribution in [2.45, 2.75) is 6.92 Å². The van der Waals surface area contributed by atoms with E-state index in [2.05, 4.69) is 37.2 Å². The summed E-state index contributed by atoms with van der Waals surface area (Å²) in [5, 5.41) is 12.1. The number of anilines is 3. The van der Waals surface area contributed by atoms with Crippen LogP contribution in [-0.4, -0.2) is 52.8 Å². The molecule has 1 aliphatic heterocycles. The molecule has 1 saturated heterocycles. The summed E-state index contributed by atoms with van der Waals surface area (Å²) >= 11 is 12.3. The number of halogens is 2. The van der Waals surface area contributed by atoms with Crippen molar-refractivity contribution in [3.8, 4) is 0 Å². The molecule has 0 bridgehead atoms. The lowest BCUT2D eigenvalue weighted by atomic mass is 10.3. The van der Waals surface area contributed by atoms with Crippen molar-refractivity contribution in [1.82, 2.24) is 20.1 Å². The zero-order valence-corrected chi connectivity index (χ0v) is 14.3. The summed E-state index contributed by atoms with van der Waals surface area (Å²) in [5.74, 6) is 1.19. The number of para-hydroxylation sites is 1. The largest absolute Gasteiger partial charge is 0.353 e. The van der Waals surface area contributed by atoms with Crippen LogP contribution in [0.4, 0.5) is 17.5 Å². The molecule has 1 aliphatic rings. The number of benzene rings is 1. The zero-order chi connectivity index (χ0) is 16.2. The highest BCUT2D eigenvalue weighted by atomic mass is 35.5. The second-order valence-electron chi connectivity index (χ2n) is 5.28. The third kappa shape index (κ3) is 3.83. The van der Waals surface area contributed by atoms with Crippen LogP contribution in [0, 0.1) is 0 Å². The summed E-state index contributed by atoms with van der Waals surface area (Å²) in [6.45, 7) is 7.17. The first-order chi connectivity index (χ1) is 11.2. The molecule has 23 heavy (non-hydrogen) atoms. The number of aromatic nitrogens is 3. The van der Waals surface area contributed by atoms with Crippen LogP contribution in [0.1, 0.15) is 6.92 Å². The molecule has 122 valence electrons. The Balaban J connectivity index is 1.75. The van der Waals surface area contributed by atoms with E-state index >= 15 is 0 Å².